The van der Waals surface area contributed by atoms with E-state index in [0.29, 0.717) is 31.0 Å². The van der Waals surface area contributed by atoms with Crippen LogP contribution in [0.2, 0.25) is 0 Å². The lowest BCUT2D eigenvalue weighted by Crippen LogP contribution is -2.12. The molecule has 0 amide bonds. The summed E-state index contributed by atoms with van der Waals surface area (Å²) in [5.41, 5.74) is 12.9. The summed E-state index contributed by atoms with van der Waals surface area (Å²) in [5, 5.41) is 0. The largest absolute Gasteiger partial charge is 0.398 e. The fraction of sp³-hybridized carbons (Fsp3) is 0.600. The third-order valence-corrected chi connectivity index (χ3v) is 3.43. The Kier molecular flexibility index (Phi) is 7.11. The normalized spacial score (nSPS) is 12.3. The zero-order valence-corrected chi connectivity index (χ0v) is 11.8. The van der Waals surface area contributed by atoms with Gasteiger partial charge in [0, 0.05) is 36.5 Å². The highest BCUT2D eigenvalue weighted by atomic mass is 16.1. The molecular formula is C15H25N3O. The second kappa shape index (κ2) is 8.64. The van der Waals surface area contributed by atoms with E-state index in [2.05, 4.69) is 11.9 Å². The molecule has 0 radical (unpaired) electrons. The molecule has 19 heavy (non-hydrogen) atoms. The van der Waals surface area contributed by atoms with Gasteiger partial charge in [-0.3, -0.25) is 9.78 Å². The first-order valence-corrected chi connectivity index (χ1v) is 7.07. The first kappa shape index (κ1) is 15.6. The summed E-state index contributed by atoms with van der Waals surface area (Å²) < 4.78 is 0. The van der Waals surface area contributed by atoms with E-state index in [1.807, 2.05) is 0 Å². The number of carbonyl (C=O) groups excluding carboxylic acids is 1. The van der Waals surface area contributed by atoms with E-state index in [0.717, 1.165) is 31.2 Å². The Bertz CT molecular complexity index is 387. The Morgan fingerprint density at radius 2 is 2.16 bits per heavy atom. The van der Waals surface area contributed by atoms with Crippen molar-refractivity contribution < 1.29 is 4.79 Å². The van der Waals surface area contributed by atoms with Gasteiger partial charge in [0.2, 0.25) is 0 Å². The number of Topliss-reactive ketones (excluding diaryl/α,β-unsaturated/α-hetero) is 1. The van der Waals surface area contributed by atoms with Crippen molar-refractivity contribution in [2.45, 2.75) is 45.4 Å². The van der Waals surface area contributed by atoms with Crippen LogP contribution in [0.3, 0.4) is 0 Å². The molecule has 1 rings (SSSR count). The van der Waals surface area contributed by atoms with E-state index in [1.165, 1.54) is 0 Å². The average molecular weight is 263 g/mol. The number of rotatable bonds is 9. The van der Waals surface area contributed by atoms with Crippen LogP contribution in [-0.2, 0) is 11.2 Å². The van der Waals surface area contributed by atoms with E-state index in [-0.39, 0.29) is 5.78 Å². The molecule has 0 spiro atoms. The molecule has 1 unspecified atom stereocenters. The molecule has 0 fully saturated rings. The predicted molar refractivity (Wildman–Crippen MR) is 78.7 cm³/mol. The third-order valence-electron chi connectivity index (χ3n) is 3.43. The maximum Gasteiger partial charge on any atom is 0.137 e. The van der Waals surface area contributed by atoms with Crippen molar-refractivity contribution >= 4 is 11.5 Å². The minimum atomic E-state index is 0.234. The summed E-state index contributed by atoms with van der Waals surface area (Å²) in [4.78, 5) is 16.0. The Hall–Kier alpha value is -1.42. The standard InChI is InChI=1S/C15H25N3O/c1-2-3-12(6-8-16)4-5-14(19)10-13-11-18-9-7-15(13)17/h7,9,11-12H,2-6,8,10,16H2,1H3,(H2,17,18). The van der Waals surface area contributed by atoms with Crippen LogP contribution in [-0.4, -0.2) is 17.3 Å². The van der Waals surface area contributed by atoms with Gasteiger partial charge in [-0.05, 0) is 31.4 Å². The zero-order chi connectivity index (χ0) is 14.1. The second-order valence-corrected chi connectivity index (χ2v) is 5.06. The lowest BCUT2D eigenvalue weighted by atomic mass is 9.92. The molecule has 106 valence electrons. The van der Waals surface area contributed by atoms with E-state index in [1.54, 1.807) is 18.5 Å². The minimum Gasteiger partial charge on any atom is -0.398 e. The number of ketones is 1. The van der Waals surface area contributed by atoms with Gasteiger partial charge < -0.3 is 11.5 Å². The van der Waals surface area contributed by atoms with Gasteiger partial charge in [-0.2, -0.15) is 0 Å². The van der Waals surface area contributed by atoms with Crippen LogP contribution >= 0.6 is 0 Å². The number of aromatic nitrogens is 1. The summed E-state index contributed by atoms with van der Waals surface area (Å²) in [5.74, 6) is 0.808. The highest BCUT2D eigenvalue weighted by molar-refractivity contribution is 5.82. The number of anilines is 1. The molecule has 4 nitrogen and oxygen atoms in total. The van der Waals surface area contributed by atoms with Gasteiger partial charge in [0.05, 0.1) is 0 Å². The van der Waals surface area contributed by atoms with Crippen molar-refractivity contribution in [2.75, 3.05) is 12.3 Å². The highest BCUT2D eigenvalue weighted by Gasteiger charge is 2.11. The number of nitrogens with two attached hydrogens (primary N) is 2. The quantitative estimate of drug-likeness (QED) is 0.716. The van der Waals surface area contributed by atoms with Gasteiger partial charge in [-0.15, -0.1) is 0 Å². The summed E-state index contributed by atoms with van der Waals surface area (Å²) in [6.45, 7) is 2.87. The van der Waals surface area contributed by atoms with Crippen molar-refractivity contribution in [3.63, 3.8) is 0 Å². The fourth-order valence-corrected chi connectivity index (χ4v) is 2.33. The molecule has 1 aromatic rings. The molecule has 1 aromatic heterocycles. The zero-order valence-electron chi connectivity index (χ0n) is 11.8. The SMILES string of the molecule is CCCC(CCN)CCC(=O)Cc1cnccc1N. The lowest BCUT2D eigenvalue weighted by molar-refractivity contribution is -0.118. The van der Waals surface area contributed by atoms with Gasteiger partial charge in [-0.1, -0.05) is 19.8 Å². The Labute approximate surface area is 115 Å². The predicted octanol–water partition coefficient (Wildman–Crippen LogP) is 2.32. The van der Waals surface area contributed by atoms with Crippen molar-refractivity contribution in [3.8, 4) is 0 Å². The smallest absolute Gasteiger partial charge is 0.137 e. The molecule has 0 aliphatic carbocycles. The van der Waals surface area contributed by atoms with Gasteiger partial charge >= 0.3 is 0 Å². The third kappa shape index (κ3) is 5.83. The molecule has 0 aromatic carbocycles. The summed E-state index contributed by atoms with van der Waals surface area (Å²) >= 11 is 0. The van der Waals surface area contributed by atoms with Crippen LogP contribution in [0.4, 0.5) is 5.69 Å². The van der Waals surface area contributed by atoms with E-state index in [9.17, 15) is 4.79 Å². The van der Waals surface area contributed by atoms with Gasteiger partial charge in [0.15, 0.2) is 0 Å². The maximum atomic E-state index is 12.0. The number of carbonyl (C=O) groups is 1. The van der Waals surface area contributed by atoms with Crippen LogP contribution < -0.4 is 11.5 Å². The van der Waals surface area contributed by atoms with Crippen molar-refractivity contribution in [2.24, 2.45) is 11.7 Å². The Morgan fingerprint density at radius 1 is 1.37 bits per heavy atom. The van der Waals surface area contributed by atoms with Gasteiger partial charge in [-0.25, -0.2) is 0 Å². The summed E-state index contributed by atoms with van der Waals surface area (Å²) in [6, 6.07) is 1.73. The van der Waals surface area contributed by atoms with Crippen LogP contribution in [0, 0.1) is 5.92 Å². The molecule has 4 heteroatoms. The van der Waals surface area contributed by atoms with Gasteiger partial charge in [0.25, 0.3) is 0 Å². The van der Waals surface area contributed by atoms with Crippen LogP contribution in [0.1, 0.15) is 44.6 Å². The summed E-state index contributed by atoms with van der Waals surface area (Å²) in [7, 11) is 0. The monoisotopic (exact) mass is 263 g/mol. The van der Waals surface area contributed by atoms with Gasteiger partial charge in [0.1, 0.15) is 5.78 Å². The topological polar surface area (TPSA) is 82.0 Å². The molecule has 0 bridgehead atoms. The Balaban J connectivity index is 2.40. The lowest BCUT2D eigenvalue weighted by Gasteiger charge is -2.14. The number of hydrogen-bond acceptors (Lipinski definition) is 4. The minimum absolute atomic E-state index is 0.234. The molecule has 0 aliphatic rings. The second-order valence-electron chi connectivity index (χ2n) is 5.06. The fourth-order valence-electron chi connectivity index (χ4n) is 2.33. The van der Waals surface area contributed by atoms with Crippen LogP contribution in [0.15, 0.2) is 18.5 Å². The molecule has 0 saturated heterocycles. The number of hydrogen-bond donors (Lipinski definition) is 2. The molecule has 0 saturated carbocycles. The number of nitrogens with zero attached hydrogens (tertiary/aromatic N) is 1. The molecule has 1 atom stereocenters. The Morgan fingerprint density at radius 3 is 2.79 bits per heavy atom. The first-order chi connectivity index (χ1) is 9.17. The van der Waals surface area contributed by atoms with Crippen molar-refractivity contribution in [3.05, 3.63) is 24.0 Å². The molecule has 4 N–H and O–H groups in total. The molecule has 0 aliphatic heterocycles. The molecular weight excluding hydrogens is 238 g/mol. The van der Waals surface area contributed by atoms with Crippen molar-refractivity contribution in [1.29, 1.82) is 0 Å². The van der Waals surface area contributed by atoms with E-state index >= 15 is 0 Å². The number of nitrogen functional groups attached to an aromatic ring is 1. The van der Waals surface area contributed by atoms with E-state index in [4.69, 9.17) is 11.5 Å². The van der Waals surface area contributed by atoms with E-state index < -0.39 is 0 Å². The number of pyridine rings is 1. The average Bonchev–Trinajstić information content (AvgIpc) is 2.39. The maximum absolute atomic E-state index is 12.0. The van der Waals surface area contributed by atoms with Crippen molar-refractivity contribution in [1.82, 2.24) is 4.98 Å². The van der Waals surface area contributed by atoms with Crippen LogP contribution in [0.5, 0.6) is 0 Å². The highest BCUT2D eigenvalue weighted by Crippen LogP contribution is 2.18. The molecule has 1 heterocycles. The van der Waals surface area contributed by atoms with Crippen LogP contribution in [0.25, 0.3) is 0 Å². The first-order valence-electron chi connectivity index (χ1n) is 7.07. The summed E-state index contributed by atoms with van der Waals surface area (Å²) in [6.07, 6.45) is 8.56.